The molecule has 1 fully saturated rings. The van der Waals surface area contributed by atoms with E-state index in [1.807, 2.05) is 24.4 Å². The number of aromatic hydroxyl groups is 2. The maximum absolute atomic E-state index is 10.2. The van der Waals surface area contributed by atoms with Crippen LogP contribution in [-0.4, -0.2) is 27.1 Å². The summed E-state index contributed by atoms with van der Waals surface area (Å²) < 4.78 is 7.23. The number of aromatic nitrogens is 1. The predicted molar refractivity (Wildman–Crippen MR) is 96.1 cm³/mol. The summed E-state index contributed by atoms with van der Waals surface area (Å²) >= 11 is 1.47. The Morgan fingerprint density at radius 3 is 2.76 bits per heavy atom. The minimum atomic E-state index is -0.00596. The van der Waals surface area contributed by atoms with E-state index >= 15 is 0 Å². The summed E-state index contributed by atoms with van der Waals surface area (Å²) in [5, 5.41) is 26.1. The van der Waals surface area contributed by atoms with Crippen molar-refractivity contribution in [2.75, 3.05) is 0 Å². The van der Waals surface area contributed by atoms with Crippen molar-refractivity contribution in [3.63, 3.8) is 0 Å². The molecule has 1 aromatic carbocycles. The average molecular weight is 355 g/mol. The quantitative estimate of drug-likeness (QED) is 0.703. The molecule has 0 aliphatic heterocycles. The lowest BCUT2D eigenvalue weighted by Crippen LogP contribution is -2.13. The van der Waals surface area contributed by atoms with Crippen LogP contribution in [0.15, 0.2) is 50.2 Å². The topological polar surface area (TPSA) is 83.2 Å². The van der Waals surface area contributed by atoms with Crippen LogP contribution in [0.25, 0.3) is 11.3 Å². The van der Waals surface area contributed by atoms with Gasteiger partial charge < -0.3 is 14.6 Å². The van der Waals surface area contributed by atoms with E-state index in [-0.39, 0.29) is 11.5 Å². The number of benzene rings is 1. The number of nitrogens with zero attached hydrogens (tertiary/aromatic N) is 3. The van der Waals surface area contributed by atoms with E-state index in [1.165, 1.54) is 23.5 Å². The van der Waals surface area contributed by atoms with E-state index in [9.17, 15) is 10.2 Å². The van der Waals surface area contributed by atoms with Crippen molar-refractivity contribution >= 4 is 17.6 Å². The Morgan fingerprint density at radius 1 is 1.24 bits per heavy atom. The fourth-order valence-electron chi connectivity index (χ4n) is 2.42. The Labute approximate surface area is 148 Å². The summed E-state index contributed by atoms with van der Waals surface area (Å²) in [4.78, 5) is 5.46. The molecule has 2 aromatic heterocycles. The number of thiazole rings is 1. The van der Waals surface area contributed by atoms with E-state index in [1.54, 1.807) is 17.0 Å². The van der Waals surface area contributed by atoms with Gasteiger partial charge in [-0.1, -0.05) is 0 Å². The Balaban J connectivity index is 1.81. The van der Waals surface area contributed by atoms with Crippen molar-refractivity contribution in [3.05, 3.63) is 52.0 Å². The molecule has 1 aliphatic carbocycles. The molecular formula is C18H17N3O3S. The number of furan rings is 1. The first-order valence-corrected chi connectivity index (χ1v) is 8.85. The summed E-state index contributed by atoms with van der Waals surface area (Å²) in [7, 11) is 0. The Kier molecular flexibility index (Phi) is 3.93. The normalized spacial score (nSPS) is 15.3. The van der Waals surface area contributed by atoms with Gasteiger partial charge in [0.1, 0.15) is 23.0 Å². The Hall–Kier alpha value is -2.80. The largest absolute Gasteiger partial charge is 0.508 e. The summed E-state index contributed by atoms with van der Waals surface area (Å²) in [5.41, 5.74) is 1.29. The van der Waals surface area contributed by atoms with Gasteiger partial charge in [0.15, 0.2) is 0 Å². The molecular weight excluding hydrogens is 338 g/mol. The van der Waals surface area contributed by atoms with E-state index in [0.717, 1.165) is 23.4 Å². The molecule has 0 saturated heterocycles. The summed E-state index contributed by atoms with van der Waals surface area (Å²) in [6, 6.07) is 8.59. The molecule has 6 nitrogen and oxygen atoms in total. The van der Waals surface area contributed by atoms with Gasteiger partial charge in [-0.2, -0.15) is 5.10 Å². The van der Waals surface area contributed by atoms with Gasteiger partial charge in [-0.15, -0.1) is 11.3 Å². The van der Waals surface area contributed by atoms with Crippen LogP contribution in [0.2, 0.25) is 0 Å². The highest BCUT2D eigenvalue weighted by Gasteiger charge is 2.21. The highest BCUT2D eigenvalue weighted by molar-refractivity contribution is 7.07. The lowest BCUT2D eigenvalue weighted by Gasteiger charge is -2.06. The maximum Gasteiger partial charge on any atom is 0.206 e. The van der Waals surface area contributed by atoms with Gasteiger partial charge in [-0.05, 0) is 44.0 Å². The third kappa shape index (κ3) is 3.36. The minimum Gasteiger partial charge on any atom is -0.508 e. The molecule has 0 atom stereocenters. The average Bonchev–Trinajstić information content (AvgIpc) is 3.16. The van der Waals surface area contributed by atoms with Crippen molar-refractivity contribution in [1.82, 2.24) is 4.68 Å². The van der Waals surface area contributed by atoms with Crippen molar-refractivity contribution in [2.24, 2.45) is 10.1 Å². The molecule has 0 radical (unpaired) electrons. The molecule has 0 bridgehead atoms. The number of phenols is 2. The zero-order valence-corrected chi connectivity index (χ0v) is 14.4. The lowest BCUT2D eigenvalue weighted by molar-refractivity contribution is 0.451. The monoisotopic (exact) mass is 355 g/mol. The van der Waals surface area contributed by atoms with Gasteiger partial charge in [0.25, 0.3) is 0 Å². The second kappa shape index (κ2) is 6.25. The predicted octanol–water partition coefficient (Wildman–Crippen LogP) is 3.47. The molecule has 2 N–H and O–H groups in total. The first kappa shape index (κ1) is 15.7. The van der Waals surface area contributed by atoms with Crippen LogP contribution in [0.3, 0.4) is 0 Å². The number of rotatable bonds is 4. The number of hydrogen-bond donors (Lipinski definition) is 2. The second-order valence-electron chi connectivity index (χ2n) is 5.97. The van der Waals surface area contributed by atoms with Crippen molar-refractivity contribution < 1.29 is 14.6 Å². The van der Waals surface area contributed by atoms with Gasteiger partial charge in [0.05, 0.1) is 18.0 Å². The van der Waals surface area contributed by atoms with Crippen molar-refractivity contribution in [3.8, 4) is 22.8 Å². The van der Waals surface area contributed by atoms with Gasteiger partial charge in [0, 0.05) is 17.0 Å². The molecule has 7 heteroatoms. The van der Waals surface area contributed by atoms with Crippen LogP contribution in [0, 0.1) is 6.92 Å². The molecule has 2 heterocycles. The van der Waals surface area contributed by atoms with Gasteiger partial charge >= 0.3 is 0 Å². The highest BCUT2D eigenvalue weighted by atomic mass is 32.1. The molecule has 128 valence electrons. The van der Waals surface area contributed by atoms with Crippen molar-refractivity contribution in [1.29, 1.82) is 0 Å². The van der Waals surface area contributed by atoms with E-state index < -0.39 is 0 Å². The van der Waals surface area contributed by atoms with Crippen molar-refractivity contribution in [2.45, 2.75) is 25.8 Å². The molecule has 3 aromatic rings. The first-order chi connectivity index (χ1) is 12.1. The van der Waals surface area contributed by atoms with Crippen LogP contribution in [0.5, 0.6) is 11.5 Å². The molecule has 25 heavy (non-hydrogen) atoms. The fourth-order valence-corrected chi connectivity index (χ4v) is 3.32. The minimum absolute atomic E-state index is 0.00596. The Bertz CT molecular complexity index is 1010. The van der Waals surface area contributed by atoms with Crippen LogP contribution < -0.4 is 4.80 Å². The van der Waals surface area contributed by atoms with Gasteiger partial charge in [0.2, 0.25) is 4.80 Å². The van der Waals surface area contributed by atoms with Crippen LogP contribution in [0.4, 0.5) is 0 Å². The third-order valence-corrected chi connectivity index (χ3v) is 4.67. The SMILES string of the molecule is Cc1ccc(/C=N/n2c(-c3ccc(O)cc3O)csc2=NC2CC2)o1. The third-order valence-electron chi connectivity index (χ3n) is 3.84. The lowest BCUT2D eigenvalue weighted by atomic mass is 10.1. The summed E-state index contributed by atoms with van der Waals surface area (Å²) in [6.07, 6.45) is 3.82. The number of phenolic OH excluding ortho intramolecular Hbond substituents is 2. The molecule has 1 saturated carbocycles. The van der Waals surface area contributed by atoms with Crippen LogP contribution >= 0.6 is 11.3 Å². The molecule has 4 rings (SSSR count). The van der Waals surface area contributed by atoms with Crippen LogP contribution in [-0.2, 0) is 0 Å². The van der Waals surface area contributed by atoms with Gasteiger partial charge in [-0.3, -0.25) is 4.99 Å². The van der Waals surface area contributed by atoms with Crippen LogP contribution in [0.1, 0.15) is 24.4 Å². The highest BCUT2D eigenvalue weighted by Crippen LogP contribution is 2.32. The molecule has 0 spiro atoms. The molecule has 0 unspecified atom stereocenters. The molecule has 1 aliphatic rings. The second-order valence-corrected chi connectivity index (χ2v) is 6.81. The van der Waals surface area contributed by atoms with E-state index in [2.05, 4.69) is 10.1 Å². The smallest absolute Gasteiger partial charge is 0.206 e. The summed E-state index contributed by atoms with van der Waals surface area (Å²) in [6.45, 7) is 1.88. The standard InChI is InChI=1S/C18H17N3O3S/c1-11-2-6-14(24-11)9-19-21-16(10-25-18(21)20-12-3-4-12)15-7-5-13(22)8-17(15)23/h2,5-10,12,22-23H,3-4H2,1H3/b19-9+,20-18?. The first-order valence-electron chi connectivity index (χ1n) is 7.98. The maximum atomic E-state index is 10.2. The summed E-state index contributed by atoms with van der Waals surface area (Å²) in [5.74, 6) is 1.47. The number of aryl methyl sites for hydroxylation is 1. The zero-order valence-electron chi connectivity index (χ0n) is 13.6. The van der Waals surface area contributed by atoms with E-state index in [4.69, 9.17) is 4.42 Å². The zero-order chi connectivity index (χ0) is 17.4. The molecule has 0 amide bonds. The van der Waals surface area contributed by atoms with Gasteiger partial charge in [-0.25, -0.2) is 4.68 Å². The number of hydrogen-bond acceptors (Lipinski definition) is 6. The van der Waals surface area contributed by atoms with E-state index in [0.29, 0.717) is 23.1 Å². The fraction of sp³-hybridized carbons (Fsp3) is 0.222. The Morgan fingerprint density at radius 2 is 2.08 bits per heavy atom.